The average Bonchev–Trinajstić information content (AvgIpc) is 3.11. The van der Waals surface area contributed by atoms with Gasteiger partial charge in [-0.3, -0.25) is 0 Å². The summed E-state index contributed by atoms with van der Waals surface area (Å²) in [6.07, 6.45) is 6.30. The van der Waals surface area contributed by atoms with Crippen LogP contribution in [0.4, 0.5) is 0 Å². The Morgan fingerprint density at radius 2 is 1.55 bits per heavy atom. The van der Waals surface area contributed by atoms with Crippen molar-refractivity contribution in [3.8, 4) is 0 Å². The summed E-state index contributed by atoms with van der Waals surface area (Å²) in [5.41, 5.74) is 7.72. The van der Waals surface area contributed by atoms with Crippen LogP contribution in [0.15, 0.2) is 42.5 Å². The molecule has 0 saturated heterocycles. The number of alkyl halides is 1. The molecular formula is C19H19Br. The van der Waals surface area contributed by atoms with Crippen molar-refractivity contribution in [1.82, 2.24) is 0 Å². The van der Waals surface area contributed by atoms with Crippen LogP contribution >= 0.6 is 15.9 Å². The number of hydrogen-bond donors (Lipinski definition) is 0. The molecule has 0 aliphatic heterocycles. The molecule has 1 unspecified atom stereocenters. The van der Waals surface area contributed by atoms with Crippen LogP contribution in [0.2, 0.25) is 0 Å². The SMILES string of the molecule is BrC(c1ccc2c(c1)CCC2)C1Cc2ccccc2C1. The highest BCUT2D eigenvalue weighted by atomic mass is 79.9. The second-order valence-electron chi connectivity index (χ2n) is 6.22. The summed E-state index contributed by atoms with van der Waals surface area (Å²) in [4.78, 5) is 0.487. The molecule has 0 N–H and O–H groups in total. The smallest absolute Gasteiger partial charge is 0.0429 e. The molecule has 0 heterocycles. The van der Waals surface area contributed by atoms with E-state index in [9.17, 15) is 0 Å². The minimum atomic E-state index is 0.487. The fourth-order valence-corrected chi connectivity index (χ4v) is 4.49. The first-order chi connectivity index (χ1) is 9.81. The molecule has 2 aliphatic rings. The summed E-state index contributed by atoms with van der Waals surface area (Å²) in [5, 5.41) is 0. The van der Waals surface area contributed by atoms with E-state index >= 15 is 0 Å². The fourth-order valence-electron chi connectivity index (χ4n) is 3.84. The van der Waals surface area contributed by atoms with Gasteiger partial charge in [0.25, 0.3) is 0 Å². The van der Waals surface area contributed by atoms with Gasteiger partial charge in [0.2, 0.25) is 0 Å². The molecule has 2 aliphatic carbocycles. The van der Waals surface area contributed by atoms with Crippen LogP contribution in [0.5, 0.6) is 0 Å². The number of fused-ring (bicyclic) bond motifs is 2. The van der Waals surface area contributed by atoms with Crippen molar-refractivity contribution in [3.63, 3.8) is 0 Å². The van der Waals surface area contributed by atoms with Crippen LogP contribution in [0.3, 0.4) is 0 Å². The Balaban J connectivity index is 1.58. The van der Waals surface area contributed by atoms with E-state index in [1.807, 2.05) is 0 Å². The highest BCUT2D eigenvalue weighted by Crippen LogP contribution is 2.41. The second-order valence-corrected chi connectivity index (χ2v) is 7.21. The molecule has 0 amide bonds. The van der Waals surface area contributed by atoms with E-state index in [0.717, 1.165) is 0 Å². The molecule has 1 atom stereocenters. The number of benzene rings is 2. The fraction of sp³-hybridized carbons (Fsp3) is 0.368. The number of halogens is 1. The molecule has 0 fully saturated rings. The van der Waals surface area contributed by atoms with Crippen molar-refractivity contribution < 1.29 is 0 Å². The first-order valence-electron chi connectivity index (χ1n) is 7.64. The summed E-state index contributed by atoms with van der Waals surface area (Å²) in [7, 11) is 0. The van der Waals surface area contributed by atoms with Crippen molar-refractivity contribution >= 4 is 15.9 Å². The van der Waals surface area contributed by atoms with Gasteiger partial charge in [0.1, 0.15) is 0 Å². The van der Waals surface area contributed by atoms with Crippen LogP contribution in [0.25, 0.3) is 0 Å². The first kappa shape index (κ1) is 12.6. The summed E-state index contributed by atoms with van der Waals surface area (Å²) < 4.78 is 0. The molecule has 20 heavy (non-hydrogen) atoms. The number of rotatable bonds is 2. The van der Waals surface area contributed by atoms with Gasteiger partial charge >= 0.3 is 0 Å². The maximum atomic E-state index is 3.98. The van der Waals surface area contributed by atoms with Gasteiger partial charge in [0, 0.05) is 4.83 Å². The summed E-state index contributed by atoms with van der Waals surface area (Å²) in [6.45, 7) is 0. The predicted octanol–water partition coefficient (Wildman–Crippen LogP) is 5.03. The summed E-state index contributed by atoms with van der Waals surface area (Å²) >= 11 is 3.98. The van der Waals surface area contributed by atoms with E-state index < -0.39 is 0 Å². The lowest BCUT2D eigenvalue weighted by molar-refractivity contribution is 0.554. The predicted molar refractivity (Wildman–Crippen MR) is 87.5 cm³/mol. The Bertz CT molecular complexity index is 619. The Hall–Kier alpha value is -1.08. The molecule has 102 valence electrons. The van der Waals surface area contributed by atoms with Crippen LogP contribution in [-0.4, -0.2) is 0 Å². The maximum Gasteiger partial charge on any atom is 0.0429 e. The topological polar surface area (TPSA) is 0 Å². The normalized spacial score (nSPS) is 18.9. The average molecular weight is 327 g/mol. The highest BCUT2D eigenvalue weighted by Gasteiger charge is 2.28. The number of aryl methyl sites for hydroxylation is 2. The summed E-state index contributed by atoms with van der Waals surface area (Å²) in [5.74, 6) is 0.701. The Morgan fingerprint density at radius 1 is 0.850 bits per heavy atom. The van der Waals surface area contributed by atoms with Crippen molar-refractivity contribution in [3.05, 3.63) is 70.3 Å². The minimum Gasteiger partial charge on any atom is -0.0835 e. The Morgan fingerprint density at radius 3 is 2.30 bits per heavy atom. The third-order valence-corrected chi connectivity index (χ3v) is 6.21. The lowest BCUT2D eigenvalue weighted by Gasteiger charge is -2.18. The molecule has 0 bridgehead atoms. The standard InChI is InChI=1S/C19H19Br/c20-19(17-9-8-13-6-3-7-14(13)10-17)18-11-15-4-1-2-5-16(15)12-18/h1-2,4-5,8-10,18-19H,3,6-7,11-12H2. The third kappa shape index (κ3) is 2.13. The second kappa shape index (κ2) is 5.04. The lowest BCUT2D eigenvalue weighted by atomic mass is 9.94. The van der Waals surface area contributed by atoms with Gasteiger partial charge in [-0.25, -0.2) is 0 Å². The molecule has 2 aromatic rings. The first-order valence-corrected chi connectivity index (χ1v) is 8.55. The number of hydrogen-bond acceptors (Lipinski definition) is 0. The van der Waals surface area contributed by atoms with Gasteiger partial charge in [-0.05, 0) is 65.8 Å². The third-order valence-electron chi connectivity index (χ3n) is 4.94. The van der Waals surface area contributed by atoms with Gasteiger partial charge in [0.05, 0.1) is 0 Å². The van der Waals surface area contributed by atoms with Gasteiger partial charge in [-0.1, -0.05) is 58.4 Å². The molecule has 0 nitrogen and oxygen atoms in total. The van der Waals surface area contributed by atoms with E-state index in [1.54, 1.807) is 22.3 Å². The molecule has 4 rings (SSSR count). The van der Waals surface area contributed by atoms with Gasteiger partial charge in [0.15, 0.2) is 0 Å². The van der Waals surface area contributed by atoms with Crippen molar-refractivity contribution in [2.75, 3.05) is 0 Å². The molecule has 0 saturated carbocycles. The highest BCUT2D eigenvalue weighted by molar-refractivity contribution is 9.09. The van der Waals surface area contributed by atoms with E-state index in [-0.39, 0.29) is 0 Å². The van der Waals surface area contributed by atoms with Crippen molar-refractivity contribution in [2.24, 2.45) is 5.92 Å². The Kier molecular flexibility index (Phi) is 3.18. The van der Waals surface area contributed by atoms with E-state index in [1.165, 1.54) is 37.7 Å². The zero-order chi connectivity index (χ0) is 13.5. The summed E-state index contributed by atoms with van der Waals surface area (Å²) in [6, 6.07) is 16.1. The van der Waals surface area contributed by atoms with Crippen molar-refractivity contribution in [2.45, 2.75) is 36.9 Å². The van der Waals surface area contributed by atoms with E-state index in [4.69, 9.17) is 0 Å². The Labute approximate surface area is 129 Å². The van der Waals surface area contributed by atoms with Crippen LogP contribution in [0.1, 0.15) is 39.1 Å². The molecule has 0 spiro atoms. The monoisotopic (exact) mass is 326 g/mol. The quantitative estimate of drug-likeness (QED) is 0.679. The van der Waals surface area contributed by atoms with Gasteiger partial charge < -0.3 is 0 Å². The molecule has 1 heteroatoms. The largest absolute Gasteiger partial charge is 0.0835 e. The molecule has 0 radical (unpaired) electrons. The minimum absolute atomic E-state index is 0.487. The molecular weight excluding hydrogens is 308 g/mol. The van der Waals surface area contributed by atoms with Crippen molar-refractivity contribution in [1.29, 1.82) is 0 Å². The zero-order valence-electron chi connectivity index (χ0n) is 11.6. The maximum absolute atomic E-state index is 3.98. The zero-order valence-corrected chi connectivity index (χ0v) is 13.2. The van der Waals surface area contributed by atoms with E-state index in [0.29, 0.717) is 10.7 Å². The van der Waals surface area contributed by atoms with E-state index in [2.05, 4.69) is 58.4 Å². The lowest BCUT2D eigenvalue weighted by Crippen LogP contribution is -2.08. The van der Waals surface area contributed by atoms with Gasteiger partial charge in [-0.15, -0.1) is 0 Å². The van der Waals surface area contributed by atoms with Crippen LogP contribution < -0.4 is 0 Å². The molecule has 2 aromatic carbocycles. The molecule has 0 aromatic heterocycles. The van der Waals surface area contributed by atoms with Gasteiger partial charge in [-0.2, -0.15) is 0 Å². The van der Waals surface area contributed by atoms with Crippen LogP contribution in [-0.2, 0) is 25.7 Å². The van der Waals surface area contributed by atoms with Crippen LogP contribution in [0, 0.1) is 5.92 Å².